The van der Waals surface area contributed by atoms with E-state index in [1.165, 1.54) is 11.3 Å². The van der Waals surface area contributed by atoms with Crippen LogP contribution in [0.15, 0.2) is 52.8 Å². The second-order valence-corrected chi connectivity index (χ2v) is 7.59. The van der Waals surface area contributed by atoms with Crippen molar-refractivity contribution in [2.45, 2.75) is 32.2 Å². The van der Waals surface area contributed by atoms with Crippen molar-refractivity contribution in [1.82, 2.24) is 9.88 Å². The van der Waals surface area contributed by atoms with Gasteiger partial charge < -0.3 is 15.6 Å². The molecule has 3 rings (SSSR count). The molecule has 0 fully saturated rings. The van der Waals surface area contributed by atoms with Crippen molar-refractivity contribution >= 4 is 33.7 Å². The van der Waals surface area contributed by atoms with E-state index in [1.807, 2.05) is 42.5 Å². The first-order valence-corrected chi connectivity index (χ1v) is 10.7. The summed E-state index contributed by atoms with van der Waals surface area (Å²) in [5, 5.41) is 5.75. The van der Waals surface area contributed by atoms with Gasteiger partial charge >= 0.3 is 6.36 Å². The number of alkyl halides is 3. The molecule has 0 aliphatic carbocycles. The van der Waals surface area contributed by atoms with Crippen molar-refractivity contribution < 1.29 is 22.7 Å². The number of thiazole rings is 1. The zero-order valence-corrected chi connectivity index (χ0v) is 17.5. The fourth-order valence-corrected chi connectivity index (χ4v) is 4.01. The number of nitrogens with two attached hydrogens (primary N) is 1. The molecule has 0 aliphatic heterocycles. The molecule has 0 radical (unpaired) electrons. The quantitative estimate of drug-likeness (QED) is 0.375. The van der Waals surface area contributed by atoms with Crippen LogP contribution in [0, 0.1) is 0 Å². The third kappa shape index (κ3) is 6.39. The molecule has 0 bridgehead atoms. The van der Waals surface area contributed by atoms with E-state index in [2.05, 4.69) is 10.1 Å². The second kappa shape index (κ2) is 10.6. The van der Waals surface area contributed by atoms with Crippen LogP contribution >= 0.6 is 11.3 Å². The molecule has 0 spiro atoms. The van der Waals surface area contributed by atoms with E-state index >= 15 is 0 Å². The second-order valence-electron chi connectivity index (χ2n) is 6.75. The minimum atomic E-state index is -4.81. The number of aromatic nitrogens is 1. The van der Waals surface area contributed by atoms with Crippen LogP contribution < -0.4 is 15.9 Å². The van der Waals surface area contributed by atoms with E-state index in [0.29, 0.717) is 17.9 Å². The molecular weight excluding hydrogens is 429 g/mol. The van der Waals surface area contributed by atoms with Gasteiger partial charge in [0.15, 0.2) is 4.80 Å². The lowest BCUT2D eigenvalue weighted by atomic mass is 10.1. The Hall–Kier alpha value is -2.69. The molecule has 10 heteroatoms. The third-order valence-corrected chi connectivity index (χ3v) is 5.43. The predicted molar refractivity (Wildman–Crippen MR) is 114 cm³/mol. The highest BCUT2D eigenvalue weighted by molar-refractivity contribution is 7.07. The minimum Gasteiger partial charge on any atom is -0.330 e. The summed E-state index contributed by atoms with van der Waals surface area (Å²) >= 11 is 1.26. The van der Waals surface area contributed by atoms with E-state index in [4.69, 9.17) is 10.7 Å². The largest absolute Gasteiger partial charge is 0.524 e. The van der Waals surface area contributed by atoms with Crippen molar-refractivity contribution in [2.24, 2.45) is 10.7 Å². The van der Waals surface area contributed by atoms with Gasteiger partial charge in [-0.25, -0.2) is 4.99 Å². The molecule has 3 N–H and O–H groups in total. The molecule has 166 valence electrons. The number of benzene rings is 2. The number of amides is 1. The Bertz CT molecular complexity index is 1090. The number of halogens is 3. The molecule has 0 atom stereocenters. The molecule has 3 aromatic rings. The van der Waals surface area contributed by atoms with Gasteiger partial charge in [0.05, 0.1) is 5.69 Å². The highest BCUT2D eigenvalue weighted by Gasteiger charge is 2.29. The fraction of sp³-hybridized carbons (Fsp3) is 0.333. The normalized spacial score (nSPS) is 12.5. The topological polar surface area (TPSA) is 81.6 Å². The Morgan fingerprint density at radius 2 is 1.90 bits per heavy atom. The lowest BCUT2D eigenvalue weighted by molar-refractivity contribution is -0.325. The van der Waals surface area contributed by atoms with Crippen molar-refractivity contribution in [3.05, 3.63) is 58.3 Å². The Morgan fingerprint density at radius 3 is 2.68 bits per heavy atom. The number of hydrogen-bond acceptors (Lipinski definition) is 5. The van der Waals surface area contributed by atoms with Crippen molar-refractivity contribution in [3.8, 4) is 0 Å². The van der Waals surface area contributed by atoms with E-state index < -0.39 is 19.0 Å². The summed E-state index contributed by atoms with van der Waals surface area (Å²) < 4.78 is 42.0. The zero-order valence-electron chi connectivity index (χ0n) is 16.7. The number of carbonyl (C=O) groups is 1. The molecule has 0 saturated carbocycles. The lowest BCUT2D eigenvalue weighted by Crippen LogP contribution is -2.32. The van der Waals surface area contributed by atoms with Gasteiger partial charge in [-0.3, -0.25) is 9.53 Å². The Kier molecular flexibility index (Phi) is 7.83. The number of nitrogens with one attached hydrogen (secondary N) is 1. The van der Waals surface area contributed by atoms with Crippen LogP contribution in [0.1, 0.15) is 29.8 Å². The lowest BCUT2D eigenvalue weighted by Gasteiger charge is -2.11. The van der Waals surface area contributed by atoms with Crippen molar-refractivity contribution in [2.75, 3.05) is 13.3 Å². The van der Waals surface area contributed by atoms with Gasteiger partial charge in [-0.05, 0) is 30.8 Å². The van der Waals surface area contributed by atoms with Crippen LogP contribution in [-0.4, -0.2) is 30.1 Å². The summed E-state index contributed by atoms with van der Waals surface area (Å²) in [5.41, 5.74) is 6.54. The maximum atomic E-state index is 12.5. The SMILES string of the molecule is NCCCCCn1c(C(=O)NCOC(F)(F)F)csc1=Nc1cccc2ccccc12. The van der Waals surface area contributed by atoms with E-state index in [0.717, 1.165) is 35.7 Å². The first kappa shape index (κ1) is 23.0. The summed E-state index contributed by atoms with van der Waals surface area (Å²) in [6.07, 6.45) is -2.34. The Morgan fingerprint density at radius 1 is 1.13 bits per heavy atom. The highest BCUT2D eigenvalue weighted by Crippen LogP contribution is 2.25. The number of rotatable bonds is 9. The number of hydrogen-bond donors (Lipinski definition) is 2. The number of unbranched alkanes of at least 4 members (excludes halogenated alkanes) is 2. The number of fused-ring (bicyclic) bond motifs is 1. The van der Waals surface area contributed by atoms with Crippen LogP contribution in [0.3, 0.4) is 0 Å². The highest BCUT2D eigenvalue weighted by atomic mass is 32.1. The van der Waals surface area contributed by atoms with Gasteiger partial charge in [0, 0.05) is 17.3 Å². The number of carbonyl (C=O) groups excluding carboxylic acids is 1. The average molecular weight is 453 g/mol. The summed E-state index contributed by atoms with van der Waals surface area (Å²) in [5.74, 6) is -0.654. The van der Waals surface area contributed by atoms with E-state index in [9.17, 15) is 18.0 Å². The molecule has 1 aromatic heterocycles. The third-order valence-electron chi connectivity index (χ3n) is 4.57. The standard InChI is InChI=1S/C21H23F3N4O2S/c22-21(23,24)30-14-26-19(29)18-13-31-20(28(18)12-5-1-4-11-25)27-17-10-6-8-15-7-2-3-9-16(15)17/h2-3,6-10,13H,1,4-5,11-12,14,25H2,(H,26,29). The first-order valence-electron chi connectivity index (χ1n) is 9.79. The summed E-state index contributed by atoms with van der Waals surface area (Å²) in [7, 11) is 0. The average Bonchev–Trinajstić information content (AvgIpc) is 3.13. The van der Waals surface area contributed by atoms with Gasteiger partial charge in [0.2, 0.25) is 0 Å². The Balaban J connectivity index is 1.92. The first-order chi connectivity index (χ1) is 14.9. The van der Waals surface area contributed by atoms with Crippen LogP contribution in [-0.2, 0) is 11.3 Å². The Labute approximate surface area is 181 Å². The molecule has 0 saturated heterocycles. The maximum absolute atomic E-state index is 12.5. The molecule has 1 amide bonds. The van der Waals surface area contributed by atoms with E-state index in [-0.39, 0.29) is 5.69 Å². The van der Waals surface area contributed by atoms with Crippen LogP contribution in [0.25, 0.3) is 10.8 Å². The molecule has 6 nitrogen and oxygen atoms in total. The fourth-order valence-electron chi connectivity index (χ4n) is 3.09. The van der Waals surface area contributed by atoms with Crippen LogP contribution in [0.5, 0.6) is 0 Å². The van der Waals surface area contributed by atoms with Crippen LogP contribution in [0.4, 0.5) is 18.9 Å². The molecule has 0 unspecified atom stereocenters. The molecule has 1 heterocycles. The smallest absolute Gasteiger partial charge is 0.330 e. The predicted octanol–water partition coefficient (Wildman–Crippen LogP) is 4.29. The summed E-state index contributed by atoms with van der Waals surface area (Å²) in [4.78, 5) is 17.8. The maximum Gasteiger partial charge on any atom is 0.524 e. The summed E-state index contributed by atoms with van der Waals surface area (Å²) in [6.45, 7) is 0.112. The van der Waals surface area contributed by atoms with Gasteiger partial charge in [0.25, 0.3) is 5.91 Å². The molecule has 31 heavy (non-hydrogen) atoms. The van der Waals surface area contributed by atoms with Crippen molar-refractivity contribution in [1.29, 1.82) is 0 Å². The summed E-state index contributed by atoms with van der Waals surface area (Å²) in [6, 6.07) is 13.6. The number of nitrogens with zero attached hydrogens (tertiary/aromatic N) is 2. The van der Waals surface area contributed by atoms with Crippen LogP contribution in [0.2, 0.25) is 0 Å². The monoisotopic (exact) mass is 452 g/mol. The molecule has 2 aromatic carbocycles. The van der Waals surface area contributed by atoms with E-state index in [1.54, 1.807) is 9.95 Å². The van der Waals surface area contributed by atoms with Gasteiger partial charge in [-0.2, -0.15) is 0 Å². The minimum absolute atomic E-state index is 0.238. The zero-order chi connectivity index (χ0) is 22.3. The van der Waals surface area contributed by atoms with Gasteiger partial charge in [-0.1, -0.05) is 42.8 Å². The van der Waals surface area contributed by atoms with Gasteiger partial charge in [0.1, 0.15) is 12.4 Å². The molecular formula is C21H23F3N4O2S. The number of ether oxygens (including phenoxy) is 1. The molecule has 0 aliphatic rings. The van der Waals surface area contributed by atoms with Crippen molar-refractivity contribution in [3.63, 3.8) is 0 Å². The van der Waals surface area contributed by atoms with Gasteiger partial charge in [-0.15, -0.1) is 24.5 Å².